The first-order chi connectivity index (χ1) is 10.6. The highest BCUT2D eigenvalue weighted by Gasteiger charge is 2.28. The first kappa shape index (κ1) is 16.5. The molecular weight excluding hydrogens is 278 g/mol. The molecule has 1 aliphatic heterocycles. The second kappa shape index (κ2) is 7.94. The van der Waals surface area contributed by atoms with E-state index in [4.69, 9.17) is 5.73 Å². The van der Waals surface area contributed by atoms with Crippen LogP contribution in [-0.2, 0) is 16.0 Å². The predicted octanol–water partition coefficient (Wildman–Crippen LogP) is 0.851. The molecule has 5 nitrogen and oxygen atoms in total. The van der Waals surface area contributed by atoms with Gasteiger partial charge in [0.1, 0.15) is 0 Å². The highest BCUT2D eigenvalue weighted by Crippen LogP contribution is 2.18. The van der Waals surface area contributed by atoms with E-state index < -0.39 is 0 Å². The highest BCUT2D eigenvalue weighted by atomic mass is 16.2. The molecule has 2 rings (SSSR count). The normalized spacial score (nSPS) is 18.1. The average molecular weight is 303 g/mol. The van der Waals surface area contributed by atoms with Crippen LogP contribution in [0.15, 0.2) is 24.3 Å². The van der Waals surface area contributed by atoms with Crippen LogP contribution in [0.3, 0.4) is 0 Å². The molecule has 1 aromatic rings. The Kier molecular flexibility index (Phi) is 5.95. The zero-order valence-electron chi connectivity index (χ0n) is 13.2. The van der Waals surface area contributed by atoms with E-state index in [1.165, 1.54) is 0 Å². The molecule has 0 bridgehead atoms. The number of hydrogen-bond acceptors (Lipinski definition) is 3. The van der Waals surface area contributed by atoms with Crippen LogP contribution >= 0.6 is 0 Å². The number of nitrogens with two attached hydrogens (primary N) is 1. The predicted molar refractivity (Wildman–Crippen MR) is 86.3 cm³/mol. The zero-order valence-corrected chi connectivity index (χ0v) is 13.2. The van der Waals surface area contributed by atoms with Crippen molar-refractivity contribution in [3.63, 3.8) is 0 Å². The molecule has 1 unspecified atom stereocenters. The molecule has 1 saturated heterocycles. The Morgan fingerprint density at radius 3 is 2.86 bits per heavy atom. The van der Waals surface area contributed by atoms with Gasteiger partial charge in [-0.25, -0.2) is 0 Å². The lowest BCUT2D eigenvalue weighted by atomic mass is 9.96. The van der Waals surface area contributed by atoms with Crippen LogP contribution in [0.2, 0.25) is 0 Å². The van der Waals surface area contributed by atoms with E-state index in [0.717, 1.165) is 30.5 Å². The van der Waals surface area contributed by atoms with Crippen molar-refractivity contribution in [3.05, 3.63) is 35.4 Å². The van der Waals surface area contributed by atoms with Gasteiger partial charge in [0.25, 0.3) is 0 Å². The molecule has 22 heavy (non-hydrogen) atoms. The third kappa shape index (κ3) is 4.31. The average Bonchev–Trinajstić information content (AvgIpc) is 2.54. The largest absolute Gasteiger partial charge is 0.355 e. The van der Waals surface area contributed by atoms with Crippen molar-refractivity contribution in [2.45, 2.75) is 26.2 Å². The first-order valence-corrected chi connectivity index (χ1v) is 7.92. The van der Waals surface area contributed by atoms with E-state index >= 15 is 0 Å². The third-order valence-electron chi connectivity index (χ3n) is 4.19. The van der Waals surface area contributed by atoms with Crippen molar-refractivity contribution >= 4 is 11.8 Å². The number of aryl methyl sites for hydroxylation is 1. The molecule has 1 atom stereocenters. The number of amides is 2. The van der Waals surface area contributed by atoms with Gasteiger partial charge in [-0.05, 0) is 30.9 Å². The molecule has 0 spiro atoms. The minimum absolute atomic E-state index is 0.0128. The molecule has 0 aromatic heterocycles. The Morgan fingerprint density at radius 2 is 2.14 bits per heavy atom. The van der Waals surface area contributed by atoms with Gasteiger partial charge in [0.2, 0.25) is 11.8 Å². The van der Waals surface area contributed by atoms with Gasteiger partial charge in [-0.2, -0.15) is 0 Å². The molecule has 0 aliphatic carbocycles. The lowest BCUT2D eigenvalue weighted by Crippen LogP contribution is -2.46. The fraction of sp³-hybridized carbons (Fsp3) is 0.529. The summed E-state index contributed by atoms with van der Waals surface area (Å²) in [5.74, 6) is 0.00517. The van der Waals surface area contributed by atoms with Crippen LogP contribution in [0.25, 0.3) is 0 Å². The summed E-state index contributed by atoms with van der Waals surface area (Å²) in [4.78, 5) is 26.3. The van der Waals surface area contributed by atoms with Crippen molar-refractivity contribution < 1.29 is 9.59 Å². The number of likely N-dealkylation sites (tertiary alicyclic amines) is 1. The number of nitrogens with zero attached hydrogens (tertiary/aromatic N) is 1. The lowest BCUT2D eigenvalue weighted by Gasteiger charge is -2.32. The number of piperidine rings is 1. The van der Waals surface area contributed by atoms with E-state index in [2.05, 4.69) is 5.32 Å². The molecule has 1 aliphatic rings. The minimum Gasteiger partial charge on any atom is -0.355 e. The van der Waals surface area contributed by atoms with Gasteiger partial charge in [-0.3, -0.25) is 9.59 Å². The zero-order chi connectivity index (χ0) is 15.9. The summed E-state index contributed by atoms with van der Waals surface area (Å²) >= 11 is 0. The van der Waals surface area contributed by atoms with Crippen molar-refractivity contribution in [2.24, 2.45) is 11.7 Å². The monoisotopic (exact) mass is 303 g/mol. The summed E-state index contributed by atoms with van der Waals surface area (Å²) in [5, 5.41) is 2.82. The van der Waals surface area contributed by atoms with E-state index in [1.54, 1.807) is 0 Å². The van der Waals surface area contributed by atoms with E-state index in [-0.39, 0.29) is 17.7 Å². The fourth-order valence-electron chi connectivity index (χ4n) is 2.84. The summed E-state index contributed by atoms with van der Waals surface area (Å²) in [6.45, 7) is 4.20. The van der Waals surface area contributed by atoms with Crippen LogP contribution < -0.4 is 11.1 Å². The number of carbonyl (C=O) groups is 2. The molecule has 1 fully saturated rings. The number of carbonyl (C=O) groups excluding carboxylic acids is 2. The number of hydrogen-bond donors (Lipinski definition) is 2. The molecule has 0 radical (unpaired) electrons. The number of nitrogens with one attached hydrogen (secondary N) is 1. The van der Waals surface area contributed by atoms with Crippen molar-refractivity contribution in [1.82, 2.24) is 10.2 Å². The third-order valence-corrected chi connectivity index (χ3v) is 4.19. The summed E-state index contributed by atoms with van der Waals surface area (Å²) in [7, 11) is 0. The van der Waals surface area contributed by atoms with Gasteiger partial charge in [-0.1, -0.05) is 24.3 Å². The smallest absolute Gasteiger partial charge is 0.227 e. The van der Waals surface area contributed by atoms with E-state index in [9.17, 15) is 9.59 Å². The second-order valence-corrected chi connectivity index (χ2v) is 5.86. The van der Waals surface area contributed by atoms with Crippen molar-refractivity contribution in [2.75, 3.05) is 26.2 Å². The lowest BCUT2D eigenvalue weighted by molar-refractivity contribution is -0.135. The molecular formula is C17H25N3O2. The Hall–Kier alpha value is -1.88. The van der Waals surface area contributed by atoms with Gasteiger partial charge in [0, 0.05) is 26.2 Å². The van der Waals surface area contributed by atoms with Crippen LogP contribution in [0, 0.1) is 12.8 Å². The van der Waals surface area contributed by atoms with Crippen LogP contribution in [0.5, 0.6) is 0 Å². The summed E-state index contributed by atoms with van der Waals surface area (Å²) < 4.78 is 0. The van der Waals surface area contributed by atoms with E-state index in [0.29, 0.717) is 26.1 Å². The van der Waals surface area contributed by atoms with Gasteiger partial charge >= 0.3 is 0 Å². The first-order valence-electron chi connectivity index (χ1n) is 7.92. The Balaban J connectivity index is 1.93. The van der Waals surface area contributed by atoms with E-state index in [1.807, 2.05) is 36.1 Å². The minimum atomic E-state index is -0.110. The fourth-order valence-corrected chi connectivity index (χ4v) is 2.84. The van der Waals surface area contributed by atoms with Gasteiger partial charge < -0.3 is 16.0 Å². The Labute approximate surface area is 131 Å². The summed E-state index contributed by atoms with van der Waals surface area (Å²) in [6, 6.07) is 7.93. The number of rotatable bonds is 5. The van der Waals surface area contributed by atoms with Gasteiger partial charge in [-0.15, -0.1) is 0 Å². The Morgan fingerprint density at radius 1 is 1.36 bits per heavy atom. The van der Waals surface area contributed by atoms with Crippen molar-refractivity contribution in [1.29, 1.82) is 0 Å². The molecule has 3 N–H and O–H groups in total. The summed E-state index contributed by atoms with van der Waals surface area (Å²) in [6.07, 6.45) is 2.12. The van der Waals surface area contributed by atoms with Crippen molar-refractivity contribution in [3.8, 4) is 0 Å². The quantitative estimate of drug-likeness (QED) is 0.847. The highest BCUT2D eigenvalue weighted by molar-refractivity contribution is 5.82. The van der Waals surface area contributed by atoms with Gasteiger partial charge in [0.15, 0.2) is 0 Å². The maximum atomic E-state index is 12.5. The molecule has 0 saturated carbocycles. The molecule has 120 valence electrons. The van der Waals surface area contributed by atoms with Crippen LogP contribution in [0.1, 0.15) is 24.0 Å². The topological polar surface area (TPSA) is 75.4 Å². The maximum absolute atomic E-state index is 12.5. The molecule has 2 amide bonds. The Bertz CT molecular complexity index is 530. The second-order valence-electron chi connectivity index (χ2n) is 5.86. The summed E-state index contributed by atoms with van der Waals surface area (Å²) in [5.41, 5.74) is 7.59. The van der Waals surface area contributed by atoms with Crippen LogP contribution in [-0.4, -0.2) is 42.9 Å². The number of benzene rings is 1. The van der Waals surface area contributed by atoms with Crippen LogP contribution in [0.4, 0.5) is 0 Å². The standard InChI is InChI=1S/C17H25N3O2/c1-13-5-2-3-6-14(13)11-16(21)20-10-4-7-15(12-20)17(22)19-9-8-18/h2-3,5-6,15H,4,7-12,18H2,1H3,(H,19,22). The molecule has 1 heterocycles. The van der Waals surface area contributed by atoms with Gasteiger partial charge in [0.05, 0.1) is 12.3 Å². The molecule has 1 aromatic carbocycles. The maximum Gasteiger partial charge on any atom is 0.227 e. The molecule has 5 heteroatoms. The SMILES string of the molecule is Cc1ccccc1CC(=O)N1CCCC(C(=O)NCCN)C1.